The number of rotatable bonds is 7. The number of sulfonamides is 1. The van der Waals surface area contributed by atoms with Crippen molar-refractivity contribution in [1.82, 2.24) is 5.43 Å². The van der Waals surface area contributed by atoms with Crippen LogP contribution in [0.3, 0.4) is 0 Å². The van der Waals surface area contributed by atoms with Gasteiger partial charge in [-0.3, -0.25) is 9.10 Å². The van der Waals surface area contributed by atoms with Crippen LogP contribution in [0.5, 0.6) is 0 Å². The molecule has 0 radical (unpaired) electrons. The molecular weight excluding hydrogens is 491 g/mol. The van der Waals surface area contributed by atoms with Gasteiger partial charge >= 0.3 is 6.18 Å². The van der Waals surface area contributed by atoms with Gasteiger partial charge in [-0.2, -0.15) is 18.3 Å². The average Bonchev–Trinajstić information content (AvgIpc) is 2.78. The summed E-state index contributed by atoms with van der Waals surface area (Å²) in [6, 6.07) is 16.5. The highest BCUT2D eigenvalue weighted by atomic mass is 35.5. The van der Waals surface area contributed by atoms with Crippen LogP contribution in [-0.4, -0.2) is 27.1 Å². The number of aryl methyl sites for hydroxylation is 1. The van der Waals surface area contributed by atoms with Crippen LogP contribution in [0, 0.1) is 6.92 Å². The molecule has 0 saturated heterocycles. The number of halogens is 4. The molecule has 178 valence electrons. The number of benzene rings is 3. The largest absolute Gasteiger partial charge is 0.416 e. The van der Waals surface area contributed by atoms with Gasteiger partial charge < -0.3 is 0 Å². The minimum atomic E-state index is -4.52. The summed E-state index contributed by atoms with van der Waals surface area (Å²) in [7, 11) is -4.13. The maximum Gasteiger partial charge on any atom is 0.416 e. The van der Waals surface area contributed by atoms with Gasteiger partial charge in [0.05, 0.1) is 22.4 Å². The zero-order valence-electron chi connectivity index (χ0n) is 17.8. The van der Waals surface area contributed by atoms with E-state index in [4.69, 9.17) is 11.6 Å². The van der Waals surface area contributed by atoms with Gasteiger partial charge in [-0.25, -0.2) is 13.8 Å². The van der Waals surface area contributed by atoms with E-state index in [1.807, 2.05) is 0 Å². The zero-order chi connectivity index (χ0) is 24.9. The van der Waals surface area contributed by atoms with Crippen LogP contribution in [0.2, 0.25) is 5.02 Å². The van der Waals surface area contributed by atoms with Gasteiger partial charge in [-0.05, 0) is 60.5 Å². The molecule has 11 heteroatoms. The third-order valence-corrected chi connectivity index (χ3v) is 6.67. The first kappa shape index (κ1) is 25.3. The van der Waals surface area contributed by atoms with E-state index >= 15 is 0 Å². The number of carbonyl (C=O) groups excluding carboxylic acids is 1. The normalized spacial score (nSPS) is 12.0. The maximum atomic E-state index is 13.3. The van der Waals surface area contributed by atoms with Crippen molar-refractivity contribution in [2.24, 2.45) is 5.10 Å². The van der Waals surface area contributed by atoms with E-state index in [-0.39, 0.29) is 16.1 Å². The van der Waals surface area contributed by atoms with E-state index in [0.29, 0.717) is 10.6 Å². The second-order valence-corrected chi connectivity index (χ2v) is 9.47. The third kappa shape index (κ3) is 6.15. The summed E-state index contributed by atoms with van der Waals surface area (Å²) in [4.78, 5) is 12.5. The van der Waals surface area contributed by atoms with Gasteiger partial charge in [0, 0.05) is 5.02 Å². The number of amides is 1. The van der Waals surface area contributed by atoms with Crippen LogP contribution >= 0.6 is 11.6 Å². The molecule has 0 unspecified atom stereocenters. The summed E-state index contributed by atoms with van der Waals surface area (Å²) in [6.45, 7) is 1.03. The first-order valence-electron chi connectivity index (χ1n) is 9.81. The lowest BCUT2D eigenvalue weighted by atomic mass is 10.1. The SMILES string of the molecule is Cc1cc(Cl)ccc1N(CC(=O)N/N=C\c1cccc(C(F)(F)F)c1)S(=O)(=O)c1ccccc1. The van der Waals surface area contributed by atoms with Crippen LogP contribution in [0.15, 0.2) is 82.8 Å². The van der Waals surface area contributed by atoms with Crippen molar-refractivity contribution < 1.29 is 26.4 Å². The molecule has 0 atom stereocenters. The van der Waals surface area contributed by atoms with Crippen molar-refractivity contribution in [3.05, 3.63) is 94.5 Å². The number of nitrogens with zero attached hydrogens (tertiary/aromatic N) is 2. The molecule has 6 nitrogen and oxygen atoms in total. The fourth-order valence-corrected chi connectivity index (χ4v) is 4.79. The van der Waals surface area contributed by atoms with E-state index in [1.54, 1.807) is 31.2 Å². The summed E-state index contributed by atoms with van der Waals surface area (Å²) in [5, 5.41) is 4.06. The molecule has 3 aromatic carbocycles. The molecule has 0 saturated carbocycles. The number of hydrogen-bond acceptors (Lipinski definition) is 4. The standard InChI is InChI=1S/C23H19ClF3N3O3S/c1-16-12-19(24)10-11-21(16)30(34(32,33)20-8-3-2-4-9-20)15-22(31)29-28-14-17-6-5-7-18(13-17)23(25,26)27/h2-14H,15H2,1H3,(H,29,31)/b28-14-. The monoisotopic (exact) mass is 509 g/mol. The van der Waals surface area contributed by atoms with Crippen LogP contribution in [0.1, 0.15) is 16.7 Å². The fraction of sp³-hybridized carbons (Fsp3) is 0.130. The Bertz CT molecular complexity index is 1310. The van der Waals surface area contributed by atoms with E-state index < -0.39 is 34.2 Å². The summed E-state index contributed by atoms with van der Waals surface area (Å²) in [5.74, 6) is -0.794. The van der Waals surface area contributed by atoms with Crippen molar-refractivity contribution in [2.45, 2.75) is 18.0 Å². The van der Waals surface area contributed by atoms with Crippen molar-refractivity contribution in [3.63, 3.8) is 0 Å². The number of nitrogens with one attached hydrogen (secondary N) is 1. The smallest absolute Gasteiger partial charge is 0.271 e. The molecule has 0 bridgehead atoms. The molecule has 0 spiro atoms. The topological polar surface area (TPSA) is 78.8 Å². The molecule has 1 N–H and O–H groups in total. The van der Waals surface area contributed by atoms with Gasteiger partial charge in [0.2, 0.25) is 0 Å². The summed E-state index contributed by atoms with van der Waals surface area (Å²) >= 11 is 5.99. The Morgan fingerprint density at radius 3 is 2.41 bits per heavy atom. The van der Waals surface area contributed by atoms with Gasteiger partial charge in [-0.15, -0.1) is 0 Å². The summed E-state index contributed by atoms with van der Waals surface area (Å²) in [6.07, 6.45) is -3.48. The first-order chi connectivity index (χ1) is 16.0. The molecule has 0 aliphatic rings. The Balaban J connectivity index is 1.84. The number of anilines is 1. The molecule has 3 aromatic rings. The van der Waals surface area contributed by atoms with Crippen molar-refractivity contribution in [3.8, 4) is 0 Å². The van der Waals surface area contributed by atoms with Crippen molar-refractivity contribution in [2.75, 3.05) is 10.8 Å². The number of carbonyl (C=O) groups is 1. The van der Waals surface area contributed by atoms with Crippen LogP contribution in [-0.2, 0) is 21.0 Å². The number of hydrazone groups is 1. The highest BCUT2D eigenvalue weighted by Crippen LogP contribution is 2.30. The van der Waals surface area contributed by atoms with Crippen molar-refractivity contribution >= 4 is 39.4 Å². The molecule has 1 amide bonds. The van der Waals surface area contributed by atoms with Crippen LogP contribution in [0.25, 0.3) is 0 Å². The Hall–Kier alpha value is -3.37. The predicted molar refractivity (Wildman–Crippen MR) is 124 cm³/mol. The molecule has 3 rings (SSSR count). The predicted octanol–water partition coefficient (Wildman–Crippen LogP) is 5.01. The Kier molecular flexibility index (Phi) is 7.63. The molecule has 34 heavy (non-hydrogen) atoms. The second-order valence-electron chi connectivity index (χ2n) is 7.17. The second kappa shape index (κ2) is 10.3. The Morgan fingerprint density at radius 2 is 1.76 bits per heavy atom. The highest BCUT2D eigenvalue weighted by molar-refractivity contribution is 7.92. The van der Waals surface area contributed by atoms with Gasteiger partial charge in [0.25, 0.3) is 15.9 Å². The van der Waals surface area contributed by atoms with E-state index in [2.05, 4.69) is 10.5 Å². The maximum absolute atomic E-state index is 13.3. The molecular formula is C23H19ClF3N3O3S. The van der Waals surface area contributed by atoms with E-state index in [1.165, 1.54) is 36.4 Å². The van der Waals surface area contributed by atoms with Gasteiger partial charge in [-0.1, -0.05) is 41.9 Å². The average molecular weight is 510 g/mol. The fourth-order valence-electron chi connectivity index (χ4n) is 3.06. The Morgan fingerprint density at radius 1 is 1.06 bits per heavy atom. The lowest BCUT2D eigenvalue weighted by molar-refractivity contribution is -0.137. The summed E-state index contributed by atoms with van der Waals surface area (Å²) in [5.41, 5.74) is 2.17. The molecule has 0 aliphatic heterocycles. The van der Waals surface area contributed by atoms with Crippen molar-refractivity contribution in [1.29, 1.82) is 0 Å². The number of alkyl halides is 3. The van der Waals surface area contributed by atoms with E-state index in [0.717, 1.165) is 22.7 Å². The first-order valence-corrected chi connectivity index (χ1v) is 11.6. The third-order valence-electron chi connectivity index (χ3n) is 4.66. The van der Waals surface area contributed by atoms with Gasteiger partial charge in [0.1, 0.15) is 6.54 Å². The Labute approximate surface area is 199 Å². The molecule has 0 heterocycles. The highest BCUT2D eigenvalue weighted by Gasteiger charge is 2.30. The van der Waals surface area contributed by atoms with Gasteiger partial charge in [0.15, 0.2) is 0 Å². The molecule has 0 fully saturated rings. The van der Waals surface area contributed by atoms with Crippen LogP contribution in [0.4, 0.5) is 18.9 Å². The van der Waals surface area contributed by atoms with E-state index in [9.17, 15) is 26.4 Å². The number of hydrogen-bond donors (Lipinski definition) is 1. The lowest BCUT2D eigenvalue weighted by Crippen LogP contribution is -2.40. The quantitative estimate of drug-likeness (QED) is 0.359. The molecule has 0 aromatic heterocycles. The minimum absolute atomic E-state index is 0.0235. The zero-order valence-corrected chi connectivity index (χ0v) is 19.3. The minimum Gasteiger partial charge on any atom is -0.271 e. The lowest BCUT2D eigenvalue weighted by Gasteiger charge is -2.25. The molecule has 0 aliphatic carbocycles. The van der Waals surface area contributed by atoms with Crippen LogP contribution < -0.4 is 9.73 Å². The summed E-state index contributed by atoms with van der Waals surface area (Å²) < 4.78 is 66.1.